The average molecular weight is 276 g/mol. The molecule has 17 heavy (non-hydrogen) atoms. The lowest BCUT2D eigenvalue weighted by Crippen LogP contribution is -2.29. The number of hydrogen-bond acceptors (Lipinski definition) is 3. The number of nitrogens with zero attached hydrogens (tertiary/aromatic N) is 1. The van der Waals surface area contributed by atoms with Crippen LogP contribution in [0.5, 0.6) is 0 Å². The monoisotopic (exact) mass is 275 g/mol. The topological polar surface area (TPSA) is 57.6 Å². The third-order valence-electron chi connectivity index (χ3n) is 2.93. The lowest BCUT2D eigenvalue weighted by Gasteiger charge is -2.17. The molecule has 0 amide bonds. The zero-order chi connectivity index (χ0) is 12.6. The first kappa shape index (κ1) is 12.8. The van der Waals surface area contributed by atoms with Crippen molar-refractivity contribution in [3.63, 3.8) is 0 Å². The van der Waals surface area contributed by atoms with Crippen molar-refractivity contribution in [2.75, 3.05) is 7.05 Å². The summed E-state index contributed by atoms with van der Waals surface area (Å²) in [5.74, 6) is 0. The van der Waals surface area contributed by atoms with Crippen molar-refractivity contribution in [2.45, 2.75) is 30.4 Å². The first-order valence-electron chi connectivity index (χ1n) is 5.34. The van der Waals surface area contributed by atoms with Crippen LogP contribution in [0.3, 0.4) is 0 Å². The fraction of sp³-hybridized carbons (Fsp3) is 0.455. The van der Waals surface area contributed by atoms with Crippen LogP contribution in [0, 0.1) is 0 Å². The van der Waals surface area contributed by atoms with Crippen LogP contribution in [0.25, 0.3) is 0 Å². The van der Waals surface area contributed by atoms with Gasteiger partial charge in [0.15, 0.2) is 0 Å². The largest absolute Gasteiger partial charge is 0.392 e. The Morgan fingerprint density at radius 1 is 1.47 bits per heavy atom. The van der Waals surface area contributed by atoms with E-state index in [9.17, 15) is 8.42 Å². The molecule has 1 aromatic carbocycles. The van der Waals surface area contributed by atoms with Crippen molar-refractivity contribution in [2.24, 2.45) is 0 Å². The molecular formula is C11H14ClNO3S. The van der Waals surface area contributed by atoms with Gasteiger partial charge in [0, 0.05) is 18.1 Å². The molecule has 0 unspecified atom stereocenters. The highest BCUT2D eigenvalue weighted by Crippen LogP contribution is 2.31. The second-order valence-corrected chi connectivity index (χ2v) is 6.57. The first-order valence-corrected chi connectivity index (χ1v) is 7.16. The van der Waals surface area contributed by atoms with E-state index in [-0.39, 0.29) is 17.5 Å². The molecule has 0 saturated heterocycles. The molecule has 0 atom stereocenters. The number of aliphatic hydroxyl groups is 1. The molecule has 0 spiro atoms. The molecule has 2 rings (SSSR count). The highest BCUT2D eigenvalue weighted by atomic mass is 35.5. The summed E-state index contributed by atoms with van der Waals surface area (Å²) in [5, 5.41) is 9.45. The number of benzene rings is 1. The molecule has 0 aliphatic heterocycles. The Balaban J connectivity index is 2.38. The second-order valence-electron chi connectivity index (χ2n) is 4.16. The van der Waals surface area contributed by atoms with Gasteiger partial charge in [0.2, 0.25) is 10.0 Å². The van der Waals surface area contributed by atoms with Gasteiger partial charge in [0.25, 0.3) is 0 Å². The Hall–Kier alpha value is -0.620. The fourth-order valence-corrected chi connectivity index (χ4v) is 3.28. The van der Waals surface area contributed by atoms with E-state index in [0.29, 0.717) is 10.6 Å². The van der Waals surface area contributed by atoms with Gasteiger partial charge < -0.3 is 5.11 Å². The average Bonchev–Trinajstić information content (AvgIpc) is 3.12. The van der Waals surface area contributed by atoms with Gasteiger partial charge in [0.1, 0.15) is 0 Å². The number of rotatable bonds is 4. The summed E-state index contributed by atoms with van der Waals surface area (Å²) < 4.78 is 25.8. The Bertz CT molecular complexity index is 526. The molecule has 1 aromatic rings. The van der Waals surface area contributed by atoms with Gasteiger partial charge in [-0.05, 0) is 36.6 Å². The van der Waals surface area contributed by atoms with Crippen LogP contribution in [0.1, 0.15) is 18.4 Å². The lowest BCUT2D eigenvalue weighted by atomic mass is 10.2. The zero-order valence-corrected chi connectivity index (χ0v) is 11.0. The molecule has 6 heteroatoms. The number of halogens is 1. The van der Waals surface area contributed by atoms with Crippen LogP contribution in [0.4, 0.5) is 0 Å². The van der Waals surface area contributed by atoms with Crippen LogP contribution < -0.4 is 0 Å². The smallest absolute Gasteiger partial charge is 0.243 e. The molecule has 1 aliphatic carbocycles. The molecule has 1 fully saturated rings. The normalized spacial score (nSPS) is 16.5. The molecule has 0 radical (unpaired) electrons. The van der Waals surface area contributed by atoms with E-state index in [1.165, 1.54) is 22.5 Å². The van der Waals surface area contributed by atoms with E-state index >= 15 is 0 Å². The van der Waals surface area contributed by atoms with Crippen LogP contribution in [0.15, 0.2) is 23.1 Å². The van der Waals surface area contributed by atoms with Gasteiger partial charge in [-0.1, -0.05) is 11.6 Å². The number of hydrogen-bond donors (Lipinski definition) is 1. The molecule has 1 aliphatic rings. The summed E-state index contributed by atoms with van der Waals surface area (Å²) in [5.41, 5.74) is 0.428. The van der Waals surface area contributed by atoms with Gasteiger partial charge >= 0.3 is 0 Å². The van der Waals surface area contributed by atoms with Crippen molar-refractivity contribution in [1.29, 1.82) is 0 Å². The highest BCUT2D eigenvalue weighted by molar-refractivity contribution is 7.89. The summed E-state index contributed by atoms with van der Waals surface area (Å²) >= 11 is 5.83. The summed E-state index contributed by atoms with van der Waals surface area (Å²) in [6.07, 6.45) is 1.83. The van der Waals surface area contributed by atoms with Crippen LogP contribution in [-0.2, 0) is 16.6 Å². The Morgan fingerprint density at radius 2 is 2.12 bits per heavy atom. The molecule has 1 saturated carbocycles. The van der Waals surface area contributed by atoms with Gasteiger partial charge in [-0.2, -0.15) is 4.31 Å². The van der Waals surface area contributed by atoms with Gasteiger partial charge in [0.05, 0.1) is 11.5 Å². The maximum absolute atomic E-state index is 12.2. The second kappa shape index (κ2) is 4.57. The lowest BCUT2D eigenvalue weighted by molar-refractivity contribution is 0.281. The summed E-state index contributed by atoms with van der Waals surface area (Å²) in [6.45, 7) is -0.269. The molecule has 0 heterocycles. The van der Waals surface area contributed by atoms with Gasteiger partial charge in [-0.3, -0.25) is 0 Å². The number of aliphatic hydroxyl groups excluding tert-OH is 1. The molecule has 1 N–H and O–H groups in total. The first-order chi connectivity index (χ1) is 7.96. The molecule has 94 valence electrons. The standard InChI is InChI=1S/C11H14ClNO3S/c1-13(9-2-3-9)17(15,16)10-4-5-11(12)8(6-10)7-14/h4-6,9,14H,2-3,7H2,1H3. The summed E-state index contributed by atoms with van der Waals surface area (Å²) in [7, 11) is -1.88. The van der Waals surface area contributed by atoms with E-state index in [1.807, 2.05) is 0 Å². The van der Waals surface area contributed by atoms with E-state index in [1.54, 1.807) is 7.05 Å². The molecule has 0 bridgehead atoms. The van der Waals surface area contributed by atoms with Crippen molar-refractivity contribution in [3.05, 3.63) is 28.8 Å². The minimum absolute atomic E-state index is 0.119. The van der Waals surface area contributed by atoms with Gasteiger partial charge in [-0.25, -0.2) is 8.42 Å². The van der Waals surface area contributed by atoms with E-state index in [2.05, 4.69) is 0 Å². The van der Waals surface area contributed by atoms with Crippen molar-refractivity contribution < 1.29 is 13.5 Å². The SMILES string of the molecule is CN(C1CC1)S(=O)(=O)c1ccc(Cl)c(CO)c1. The maximum atomic E-state index is 12.2. The molecule has 4 nitrogen and oxygen atoms in total. The van der Waals surface area contributed by atoms with E-state index in [0.717, 1.165) is 12.8 Å². The molecule has 0 aromatic heterocycles. The van der Waals surface area contributed by atoms with Gasteiger partial charge in [-0.15, -0.1) is 0 Å². The predicted octanol–water partition coefficient (Wildman–Crippen LogP) is 1.62. The Labute approximate surface area is 106 Å². The minimum atomic E-state index is -3.46. The zero-order valence-electron chi connectivity index (χ0n) is 9.43. The summed E-state index contributed by atoms with van der Waals surface area (Å²) in [4.78, 5) is 0.181. The highest BCUT2D eigenvalue weighted by Gasteiger charge is 2.35. The predicted molar refractivity (Wildman–Crippen MR) is 65.3 cm³/mol. The van der Waals surface area contributed by atoms with Crippen molar-refractivity contribution >= 4 is 21.6 Å². The van der Waals surface area contributed by atoms with Crippen LogP contribution in [0.2, 0.25) is 5.02 Å². The Morgan fingerprint density at radius 3 is 2.65 bits per heavy atom. The number of sulfonamides is 1. The fourth-order valence-electron chi connectivity index (χ4n) is 1.63. The van der Waals surface area contributed by atoms with Crippen LogP contribution in [-0.4, -0.2) is 30.9 Å². The molecular weight excluding hydrogens is 262 g/mol. The quantitative estimate of drug-likeness (QED) is 0.908. The summed E-state index contributed by atoms with van der Waals surface area (Å²) in [6, 6.07) is 4.51. The minimum Gasteiger partial charge on any atom is -0.392 e. The van der Waals surface area contributed by atoms with E-state index in [4.69, 9.17) is 16.7 Å². The van der Waals surface area contributed by atoms with Crippen LogP contribution >= 0.6 is 11.6 Å². The third-order valence-corrected chi connectivity index (χ3v) is 5.20. The maximum Gasteiger partial charge on any atom is 0.243 e. The van der Waals surface area contributed by atoms with Crippen molar-refractivity contribution in [3.8, 4) is 0 Å². The van der Waals surface area contributed by atoms with E-state index < -0.39 is 10.0 Å². The third kappa shape index (κ3) is 2.47. The Kier molecular flexibility index (Phi) is 3.45. The van der Waals surface area contributed by atoms with Crippen molar-refractivity contribution in [1.82, 2.24) is 4.31 Å².